The number of benzene rings is 1. The van der Waals surface area contributed by atoms with Crippen molar-refractivity contribution in [2.75, 3.05) is 18.4 Å². The molecule has 6 nitrogen and oxygen atoms in total. The number of carbonyl (C=O) groups excluding carboxylic acids is 1. The molecule has 21 heavy (non-hydrogen) atoms. The van der Waals surface area contributed by atoms with Crippen LogP contribution in [-0.2, 0) is 4.79 Å². The molecule has 1 aromatic rings. The van der Waals surface area contributed by atoms with E-state index in [-0.39, 0.29) is 17.3 Å². The smallest absolute Gasteiger partial charge is 0.293 e. The largest absolute Gasteiger partial charge is 0.320 e. The van der Waals surface area contributed by atoms with E-state index in [1.807, 2.05) is 6.92 Å². The Hall–Kier alpha value is -1.95. The molecule has 2 rings (SSSR count). The molecule has 114 valence electrons. The topological polar surface area (TPSA) is 84.3 Å². The summed E-state index contributed by atoms with van der Waals surface area (Å²) in [5, 5.41) is 17.1. The average Bonchev–Trinajstić information content (AvgIpc) is 2.91. The van der Waals surface area contributed by atoms with Crippen molar-refractivity contribution >= 4 is 17.3 Å². The summed E-state index contributed by atoms with van der Waals surface area (Å²) >= 11 is 0. The minimum atomic E-state index is -0.456. The van der Waals surface area contributed by atoms with Crippen LogP contribution in [0.3, 0.4) is 0 Å². The molecule has 0 aromatic heterocycles. The van der Waals surface area contributed by atoms with Gasteiger partial charge in [0.25, 0.3) is 5.69 Å². The van der Waals surface area contributed by atoms with Crippen molar-refractivity contribution in [3.05, 3.63) is 33.9 Å². The SMILES string of the molecule is CCCC1(C(=O)Nc2ccc(C)cc2[N+](=O)[O-])CCNC1. The number of carbonyl (C=O) groups is 1. The molecule has 0 saturated carbocycles. The van der Waals surface area contributed by atoms with E-state index in [4.69, 9.17) is 0 Å². The fourth-order valence-electron chi connectivity index (χ4n) is 2.90. The zero-order chi connectivity index (χ0) is 15.5. The second kappa shape index (κ2) is 6.22. The first-order valence-corrected chi connectivity index (χ1v) is 7.26. The van der Waals surface area contributed by atoms with E-state index in [0.717, 1.165) is 31.4 Å². The Bertz CT molecular complexity index is 551. The van der Waals surface area contributed by atoms with E-state index >= 15 is 0 Å². The molecule has 6 heteroatoms. The number of aryl methyl sites for hydroxylation is 1. The second-order valence-corrected chi connectivity index (χ2v) is 5.69. The van der Waals surface area contributed by atoms with E-state index in [9.17, 15) is 14.9 Å². The summed E-state index contributed by atoms with van der Waals surface area (Å²) in [6.07, 6.45) is 2.46. The van der Waals surface area contributed by atoms with Crippen molar-refractivity contribution in [3.63, 3.8) is 0 Å². The highest BCUT2D eigenvalue weighted by molar-refractivity contribution is 5.97. The van der Waals surface area contributed by atoms with Gasteiger partial charge in [-0.2, -0.15) is 0 Å². The Morgan fingerprint density at radius 1 is 1.52 bits per heavy atom. The van der Waals surface area contributed by atoms with Crippen molar-refractivity contribution in [1.29, 1.82) is 0 Å². The fraction of sp³-hybridized carbons (Fsp3) is 0.533. The van der Waals surface area contributed by atoms with Crippen LogP contribution in [-0.4, -0.2) is 23.9 Å². The maximum absolute atomic E-state index is 12.6. The second-order valence-electron chi connectivity index (χ2n) is 5.69. The van der Waals surface area contributed by atoms with Crippen LogP contribution in [0.5, 0.6) is 0 Å². The predicted molar refractivity (Wildman–Crippen MR) is 81.3 cm³/mol. The Morgan fingerprint density at radius 3 is 2.86 bits per heavy atom. The third-order valence-electron chi connectivity index (χ3n) is 4.05. The van der Waals surface area contributed by atoms with Gasteiger partial charge in [-0.3, -0.25) is 14.9 Å². The minimum absolute atomic E-state index is 0.0547. The summed E-state index contributed by atoms with van der Waals surface area (Å²) in [4.78, 5) is 23.3. The van der Waals surface area contributed by atoms with Crippen LogP contribution in [0.25, 0.3) is 0 Å². The molecular weight excluding hydrogens is 270 g/mol. The van der Waals surface area contributed by atoms with Crippen LogP contribution in [0.4, 0.5) is 11.4 Å². The normalized spacial score (nSPS) is 21.2. The van der Waals surface area contributed by atoms with Gasteiger partial charge in [-0.15, -0.1) is 0 Å². The molecule has 1 aliphatic rings. The van der Waals surface area contributed by atoms with Crippen molar-refractivity contribution in [2.24, 2.45) is 5.41 Å². The van der Waals surface area contributed by atoms with E-state index < -0.39 is 10.3 Å². The highest BCUT2D eigenvalue weighted by atomic mass is 16.6. The minimum Gasteiger partial charge on any atom is -0.320 e. The lowest BCUT2D eigenvalue weighted by molar-refractivity contribution is -0.384. The highest BCUT2D eigenvalue weighted by Gasteiger charge is 2.40. The number of anilines is 1. The summed E-state index contributed by atoms with van der Waals surface area (Å²) in [7, 11) is 0. The lowest BCUT2D eigenvalue weighted by atomic mass is 9.81. The molecule has 1 aliphatic heterocycles. The first kappa shape index (κ1) is 15.4. The van der Waals surface area contributed by atoms with Gasteiger partial charge in [-0.1, -0.05) is 19.4 Å². The van der Waals surface area contributed by atoms with Crippen LogP contribution in [0.2, 0.25) is 0 Å². The highest BCUT2D eigenvalue weighted by Crippen LogP contribution is 2.34. The zero-order valence-electron chi connectivity index (χ0n) is 12.4. The molecule has 1 atom stereocenters. The first-order chi connectivity index (χ1) is 9.98. The molecule has 0 bridgehead atoms. The van der Waals surface area contributed by atoms with Gasteiger partial charge in [0.05, 0.1) is 10.3 Å². The summed E-state index contributed by atoms with van der Waals surface area (Å²) in [6, 6.07) is 4.85. The standard InChI is InChI=1S/C15H21N3O3/c1-3-6-15(7-8-16-10-15)14(19)17-12-5-4-11(2)9-13(12)18(20)21/h4-5,9,16H,3,6-8,10H2,1-2H3,(H,17,19). The lowest BCUT2D eigenvalue weighted by Gasteiger charge is -2.26. The number of amides is 1. The number of rotatable bonds is 5. The summed E-state index contributed by atoms with van der Waals surface area (Å²) in [5.74, 6) is -0.124. The summed E-state index contributed by atoms with van der Waals surface area (Å²) < 4.78 is 0. The maximum Gasteiger partial charge on any atom is 0.293 e. The van der Waals surface area contributed by atoms with Crippen LogP contribution in [0.15, 0.2) is 18.2 Å². The van der Waals surface area contributed by atoms with Crippen molar-refractivity contribution in [3.8, 4) is 0 Å². The zero-order valence-corrected chi connectivity index (χ0v) is 12.4. The van der Waals surface area contributed by atoms with Crippen LogP contribution in [0, 0.1) is 22.5 Å². The summed E-state index contributed by atoms with van der Waals surface area (Å²) in [6.45, 7) is 5.27. The van der Waals surface area contributed by atoms with Crippen LogP contribution >= 0.6 is 0 Å². The van der Waals surface area contributed by atoms with Gasteiger partial charge >= 0.3 is 0 Å². The predicted octanol–water partition coefficient (Wildman–Crippen LogP) is 2.62. The van der Waals surface area contributed by atoms with Gasteiger partial charge in [0.1, 0.15) is 5.69 Å². The molecule has 1 aromatic carbocycles. The summed E-state index contributed by atoms with van der Waals surface area (Å²) in [5.41, 5.74) is 0.567. The van der Waals surface area contributed by atoms with Crippen LogP contribution in [0.1, 0.15) is 31.7 Å². The number of nitrogens with zero attached hydrogens (tertiary/aromatic N) is 1. The number of nitro groups is 1. The maximum atomic E-state index is 12.6. The molecule has 0 aliphatic carbocycles. The quantitative estimate of drug-likeness (QED) is 0.645. The fourth-order valence-corrected chi connectivity index (χ4v) is 2.90. The van der Waals surface area contributed by atoms with Gasteiger partial charge in [-0.25, -0.2) is 0 Å². The Balaban J connectivity index is 2.25. The Labute approximate surface area is 124 Å². The molecule has 1 saturated heterocycles. The molecule has 1 unspecified atom stereocenters. The van der Waals surface area contributed by atoms with Crippen molar-refractivity contribution < 1.29 is 9.72 Å². The molecule has 0 spiro atoms. The van der Waals surface area contributed by atoms with E-state index in [2.05, 4.69) is 10.6 Å². The van der Waals surface area contributed by atoms with Crippen LogP contribution < -0.4 is 10.6 Å². The van der Waals surface area contributed by atoms with E-state index in [0.29, 0.717) is 6.54 Å². The van der Waals surface area contributed by atoms with Gasteiger partial charge in [0.15, 0.2) is 0 Å². The molecule has 2 N–H and O–H groups in total. The Morgan fingerprint density at radius 2 is 2.29 bits per heavy atom. The van der Waals surface area contributed by atoms with Gasteiger partial charge in [-0.05, 0) is 37.9 Å². The van der Waals surface area contributed by atoms with Crippen molar-refractivity contribution in [1.82, 2.24) is 5.32 Å². The number of nitro benzene ring substituents is 1. The number of hydrogen-bond acceptors (Lipinski definition) is 4. The lowest BCUT2D eigenvalue weighted by Crippen LogP contribution is -2.38. The molecule has 1 fully saturated rings. The third kappa shape index (κ3) is 3.21. The third-order valence-corrected chi connectivity index (χ3v) is 4.05. The number of nitrogens with one attached hydrogen (secondary N) is 2. The monoisotopic (exact) mass is 291 g/mol. The van der Waals surface area contributed by atoms with E-state index in [1.165, 1.54) is 6.07 Å². The number of hydrogen-bond donors (Lipinski definition) is 2. The van der Waals surface area contributed by atoms with Gasteiger partial charge in [0.2, 0.25) is 5.91 Å². The molecular formula is C15H21N3O3. The molecule has 1 heterocycles. The average molecular weight is 291 g/mol. The molecule has 0 radical (unpaired) electrons. The van der Waals surface area contributed by atoms with Gasteiger partial charge < -0.3 is 10.6 Å². The molecule has 1 amide bonds. The van der Waals surface area contributed by atoms with Gasteiger partial charge in [0, 0.05) is 12.6 Å². The van der Waals surface area contributed by atoms with E-state index in [1.54, 1.807) is 19.1 Å². The Kier molecular flexibility index (Phi) is 4.57. The van der Waals surface area contributed by atoms with Crippen molar-refractivity contribution in [2.45, 2.75) is 33.1 Å². The first-order valence-electron chi connectivity index (χ1n) is 7.26.